The molecule has 11 aromatic carbocycles. The Bertz CT molecular complexity index is 7440. The summed E-state index contributed by atoms with van der Waals surface area (Å²) in [5.41, 5.74) is 20.2. The van der Waals surface area contributed by atoms with Gasteiger partial charge in [-0.3, -0.25) is 19.2 Å². The number of carbonyl (C=O) groups is 4. The summed E-state index contributed by atoms with van der Waals surface area (Å²) < 4.78 is 4.68. The molecule has 4 radical (unpaired) electrons. The number of allylic oxidation sites excluding steroid dienone is 8. The summed E-state index contributed by atoms with van der Waals surface area (Å²) in [6.07, 6.45) is 12.4. The fourth-order valence-corrected chi connectivity index (χ4v) is 31.8. The van der Waals surface area contributed by atoms with Crippen LogP contribution in [0.5, 0.6) is 0 Å². The monoisotopic (exact) mass is 2750 g/mol. The SMILES string of the molecule is CC(=O)C=C(C)O.CC(=O)C=C(C)O.CC(=O)C=C(C)O.CC(=O)C=C(C)O.CCn1c2c[c-]c(-c3ncccc3[Si](C)(C)C)cc2c2ccccc21.C[Si](C)(C)c1cccnc1-c1[c-]cc2c(c1)-c1ccccc1[Si]2(c1ccccc1)c1ccccc1.C[Si](C)(C)c1ccnc(-c2[c-]cc3c(c2)-c2ccccc2[Si]3(C)C)c1.C[Si](C)(C)c1ccnc(-c2[c-]cc3c(c2)c2ccccc2n3-c2ccccc2)c1.[Ir].[Ir].[Ir].[Ir]. The number of ketones is 4. The number of rotatable bonds is 16. The van der Waals surface area contributed by atoms with Crippen molar-refractivity contribution in [3.63, 3.8) is 0 Å². The van der Waals surface area contributed by atoms with Gasteiger partial charge in [-0.15, -0.1) is 105 Å². The van der Waals surface area contributed by atoms with Crippen LogP contribution in [0.1, 0.15) is 62.3 Å². The fourth-order valence-electron chi connectivity index (χ4n) is 18.4. The molecule has 0 spiro atoms. The van der Waals surface area contributed by atoms with Crippen LogP contribution in [0.25, 0.3) is 117 Å². The molecule has 0 saturated carbocycles. The summed E-state index contributed by atoms with van der Waals surface area (Å²) >= 11 is 0. The number of nitrogens with zero attached hydrogens (tertiary/aromatic N) is 6. The number of benzene rings is 11. The molecule has 6 aromatic heterocycles. The fraction of sp³-hybridized carbons (Fsp3) is 0.197. The van der Waals surface area contributed by atoms with E-state index in [1.54, 1.807) is 5.19 Å². The normalized spacial score (nSPS) is 12.5. The van der Waals surface area contributed by atoms with Crippen LogP contribution in [0.2, 0.25) is 91.7 Å². The Morgan fingerprint density at radius 1 is 0.322 bits per heavy atom. The second kappa shape index (κ2) is 52.3. The summed E-state index contributed by atoms with van der Waals surface area (Å²) in [5, 5.41) is 52.9. The van der Waals surface area contributed by atoms with Crippen molar-refractivity contribution in [2.75, 3.05) is 0 Å². The number of hydrogen-bond acceptors (Lipinski definition) is 12. The minimum Gasteiger partial charge on any atom is -0.512 e. The molecule has 8 heterocycles. The Morgan fingerprint density at radius 2 is 0.671 bits per heavy atom. The van der Waals surface area contributed by atoms with Gasteiger partial charge in [-0.2, -0.15) is 0 Å². The van der Waals surface area contributed by atoms with E-state index in [1.807, 2.05) is 24.8 Å². The Labute approximate surface area is 922 Å². The summed E-state index contributed by atoms with van der Waals surface area (Å²) in [4.78, 5) is 59.0. The first-order valence-electron chi connectivity index (χ1n) is 48.1. The molecular weight excluding hydrogens is 2610 g/mol. The van der Waals surface area contributed by atoms with Crippen LogP contribution < -0.4 is 51.9 Å². The number of aliphatic hydroxyl groups is 4. The van der Waals surface area contributed by atoms with Crippen molar-refractivity contribution >= 4 is 167 Å². The zero-order valence-electron chi connectivity index (χ0n) is 87.4. The number of hydrogen-bond donors (Lipinski definition) is 4. The van der Waals surface area contributed by atoms with Crippen LogP contribution in [0.3, 0.4) is 0 Å². The number of carbonyl (C=O) groups excluding carboxylic acids is 4. The second-order valence-electron chi connectivity index (χ2n) is 40.5. The molecule has 24 heteroatoms. The molecule has 19 rings (SSSR count). The maximum atomic E-state index is 10.0. The summed E-state index contributed by atoms with van der Waals surface area (Å²) in [7, 11) is -9.81. The van der Waals surface area contributed by atoms with Crippen LogP contribution in [0.15, 0.2) is 357 Å². The van der Waals surface area contributed by atoms with Crippen LogP contribution in [0, 0.1) is 24.3 Å². The van der Waals surface area contributed by atoms with Gasteiger partial charge in [0.25, 0.3) is 0 Å². The van der Waals surface area contributed by atoms with Gasteiger partial charge in [0.15, 0.2) is 23.1 Å². The average Bonchev–Trinajstić information content (AvgIpc) is 1.53. The van der Waals surface area contributed by atoms with Gasteiger partial charge >= 0.3 is 0 Å². The quantitative estimate of drug-likeness (QED) is 0.0308. The summed E-state index contributed by atoms with van der Waals surface area (Å²) in [5.74, 6) is -0.250. The third-order valence-electron chi connectivity index (χ3n) is 24.7. The molecule has 14 nitrogen and oxygen atoms in total. The molecule has 0 bridgehead atoms. The van der Waals surface area contributed by atoms with Crippen molar-refractivity contribution in [1.29, 1.82) is 0 Å². The van der Waals surface area contributed by atoms with Gasteiger partial charge in [-0.25, -0.2) is 0 Å². The predicted octanol–water partition coefficient (Wildman–Crippen LogP) is 23.9. The number of para-hydroxylation sites is 3. The molecule has 0 fully saturated rings. The van der Waals surface area contributed by atoms with Crippen molar-refractivity contribution in [3.05, 3.63) is 382 Å². The van der Waals surface area contributed by atoms with Gasteiger partial charge in [-0.1, -0.05) is 338 Å². The third kappa shape index (κ3) is 29.1. The van der Waals surface area contributed by atoms with Crippen LogP contribution in [-0.4, -0.2) is 121 Å². The predicted molar refractivity (Wildman–Crippen MR) is 612 cm³/mol. The van der Waals surface area contributed by atoms with E-state index in [0.29, 0.717) is 0 Å². The molecule has 760 valence electrons. The van der Waals surface area contributed by atoms with Gasteiger partial charge in [0.05, 0.1) is 63.4 Å². The van der Waals surface area contributed by atoms with Crippen molar-refractivity contribution < 1.29 is 120 Å². The minimum absolute atomic E-state index is 0. The van der Waals surface area contributed by atoms with Crippen LogP contribution in [0.4, 0.5) is 0 Å². The van der Waals surface area contributed by atoms with E-state index in [2.05, 4.69) is 427 Å². The number of aryl methyl sites for hydroxylation is 1. The molecule has 0 saturated heterocycles. The van der Waals surface area contributed by atoms with E-state index in [0.717, 1.165) is 51.6 Å². The number of aromatic nitrogens is 6. The molecule has 0 atom stereocenters. The molecule has 0 unspecified atom stereocenters. The van der Waals surface area contributed by atoms with Gasteiger partial charge in [0, 0.05) is 153 Å². The first-order valence-corrected chi connectivity index (χ1v) is 67.1. The third-order valence-corrected chi connectivity index (χ3v) is 41.3. The van der Waals surface area contributed by atoms with E-state index in [4.69, 9.17) is 30.4 Å². The van der Waals surface area contributed by atoms with E-state index < -0.39 is 48.4 Å². The van der Waals surface area contributed by atoms with Gasteiger partial charge in [-0.05, 0) is 172 Å². The second-order valence-corrected chi connectivity index (χ2v) is 68.8. The first-order chi connectivity index (χ1) is 67.3. The first kappa shape index (κ1) is 120. The Kier molecular flexibility index (Phi) is 42.8. The number of pyridine rings is 4. The molecule has 146 heavy (non-hydrogen) atoms. The van der Waals surface area contributed by atoms with E-state index >= 15 is 0 Å². The molecule has 0 aliphatic carbocycles. The van der Waals surface area contributed by atoms with Gasteiger partial charge < -0.3 is 49.5 Å². The van der Waals surface area contributed by atoms with Gasteiger partial charge in [0.1, 0.15) is 8.07 Å². The average molecular weight is 2750 g/mol. The van der Waals surface area contributed by atoms with E-state index in [-0.39, 0.29) is 127 Å². The topological polar surface area (TPSA) is 211 Å². The van der Waals surface area contributed by atoms with Crippen LogP contribution >= 0.6 is 0 Å². The number of aliphatic hydroxyl groups excluding tert-OH is 4. The van der Waals surface area contributed by atoms with Crippen LogP contribution in [-0.2, 0) is 106 Å². The minimum atomic E-state index is -2.44. The van der Waals surface area contributed by atoms with E-state index in [1.165, 1.54) is 198 Å². The molecular formula is C122H130Ir4N6O8Si6-4. The summed E-state index contributed by atoms with van der Waals surface area (Å²) in [6, 6.07) is 118. The van der Waals surface area contributed by atoms with Crippen molar-refractivity contribution in [2.24, 2.45) is 0 Å². The maximum absolute atomic E-state index is 10.0. The molecule has 0 amide bonds. The zero-order valence-corrected chi connectivity index (χ0v) is 103. The standard InChI is InChI=1S/C32H28NSi2.C26H23N2Si.C22H23N2Si.C22H24NSi2.4C5H8O2.4Ir/c1-34(2,3)31-19-12-22-33-32(31)24-20-21-30-28(23-24)27-17-10-11-18-29(27)35(30,25-13-6-4-7-14-25)26-15-8-5-9-16-26;1-29(2,3)21-15-16-27-24(18-21)19-13-14-26-23(17-19)22-11-7-8-12-25(22)28(26)20-9-5-4-6-10-20;1-5-24-19-10-7-6-9-17(19)18-15-16(12-13-20(18)24)22-21(25(2,3)4)11-8-14-23-22;1-24(2,3)17-12-13-23-20(15-17)16-10-11-22-19(14-16)18-8-6-7-9-21(18)25(22,4)5;4*1-4(6)3-5(2)7;;;;/h4-19,21-23H,1-3H3;4-12,14-18H,1-3H3;6-11,13-15H,5H2,1-4H3;6-9,11-15H,1-5H3;4*3,6H,1-2H3;;;;/q4*-1;;;;;;;;. The molecule has 2 aliphatic rings. The Hall–Kier alpha value is -11.6. The Morgan fingerprint density at radius 3 is 1.12 bits per heavy atom. The maximum Gasteiger partial charge on any atom is 0.155 e. The van der Waals surface area contributed by atoms with Gasteiger partial charge in [0.2, 0.25) is 0 Å². The largest absolute Gasteiger partial charge is 0.512 e. The van der Waals surface area contributed by atoms with Crippen molar-refractivity contribution in [1.82, 2.24) is 29.1 Å². The summed E-state index contributed by atoms with van der Waals surface area (Å²) in [6.45, 7) is 47.9. The number of fused-ring (bicyclic) bond motifs is 12. The molecule has 2 aliphatic heterocycles. The van der Waals surface area contributed by atoms with Crippen molar-refractivity contribution in [3.8, 4) is 73.0 Å². The zero-order chi connectivity index (χ0) is 103. The Balaban J connectivity index is 0.000000217. The van der Waals surface area contributed by atoms with Crippen molar-refractivity contribution in [2.45, 2.75) is 161 Å². The van der Waals surface area contributed by atoms with E-state index in [9.17, 15) is 19.2 Å². The molecule has 4 N–H and O–H groups in total. The molecule has 17 aromatic rings. The smallest absolute Gasteiger partial charge is 0.155 e.